The maximum Gasteiger partial charge on any atom is 0.306 e. The van der Waals surface area contributed by atoms with Gasteiger partial charge < -0.3 is 9.47 Å². The fourth-order valence-corrected chi connectivity index (χ4v) is 3.45. The Bertz CT molecular complexity index is 472. The number of carbonyl (C=O) groups excluding carboxylic acids is 2. The van der Waals surface area contributed by atoms with Crippen LogP contribution < -0.4 is 0 Å². The van der Waals surface area contributed by atoms with Gasteiger partial charge in [-0.2, -0.15) is 0 Å². The lowest BCUT2D eigenvalue weighted by Gasteiger charge is -2.10. The Morgan fingerprint density at radius 3 is 1.22 bits per heavy atom. The largest absolute Gasteiger partial charge is 0.463 e. The zero-order valence-corrected chi connectivity index (χ0v) is 21.7. The van der Waals surface area contributed by atoms with Crippen LogP contribution in [0, 0.1) is 0 Å². The van der Waals surface area contributed by atoms with Gasteiger partial charge in [0.15, 0.2) is 0 Å². The summed E-state index contributed by atoms with van der Waals surface area (Å²) < 4.78 is 10.6. The summed E-state index contributed by atoms with van der Waals surface area (Å²) in [4.78, 5) is 23.2. The number of hydrogen-bond acceptors (Lipinski definition) is 4. The Morgan fingerprint density at radius 1 is 0.562 bits per heavy atom. The van der Waals surface area contributed by atoms with Crippen LogP contribution in [0.1, 0.15) is 143 Å². The number of allylic oxidation sites excluding steroid dienone is 2. The number of rotatable bonds is 22. The molecular weight excluding hydrogens is 400 g/mol. The third kappa shape index (κ3) is 21.9. The quantitative estimate of drug-likeness (QED) is 0.0938. The normalized spacial score (nSPS) is 13.2. The van der Waals surface area contributed by atoms with Crippen LogP contribution in [0.15, 0.2) is 12.2 Å². The molecular formula is C28H52O4. The molecule has 0 radical (unpaired) electrons. The zero-order chi connectivity index (χ0) is 23.9. The van der Waals surface area contributed by atoms with Crippen LogP contribution in [0.2, 0.25) is 0 Å². The number of esters is 2. The monoisotopic (exact) mass is 452 g/mol. The van der Waals surface area contributed by atoms with Crippen LogP contribution in [-0.2, 0) is 19.1 Å². The van der Waals surface area contributed by atoms with Crippen molar-refractivity contribution in [3.8, 4) is 0 Å². The Labute approximate surface area is 198 Å². The van der Waals surface area contributed by atoms with Crippen molar-refractivity contribution in [3.05, 3.63) is 12.2 Å². The molecule has 0 aliphatic heterocycles. The minimum Gasteiger partial charge on any atom is -0.463 e. The second-order valence-corrected chi connectivity index (χ2v) is 9.21. The summed E-state index contributed by atoms with van der Waals surface area (Å²) in [5.74, 6) is -0.0772. The maximum absolute atomic E-state index is 11.6. The first-order valence-electron chi connectivity index (χ1n) is 13.5. The van der Waals surface area contributed by atoms with Gasteiger partial charge in [-0.05, 0) is 65.2 Å². The van der Waals surface area contributed by atoms with Gasteiger partial charge in [-0.3, -0.25) is 9.59 Å². The summed E-state index contributed by atoms with van der Waals surface area (Å²) >= 11 is 0. The molecule has 2 atom stereocenters. The molecule has 0 spiro atoms. The molecule has 0 saturated heterocycles. The van der Waals surface area contributed by atoms with Gasteiger partial charge in [0.1, 0.15) is 0 Å². The highest BCUT2D eigenvalue weighted by atomic mass is 16.5. The molecule has 4 nitrogen and oxygen atoms in total. The van der Waals surface area contributed by atoms with Gasteiger partial charge in [-0.25, -0.2) is 0 Å². The summed E-state index contributed by atoms with van der Waals surface area (Å²) in [5.41, 5.74) is 0. The molecule has 0 heterocycles. The second kappa shape index (κ2) is 22.9. The van der Waals surface area contributed by atoms with E-state index in [9.17, 15) is 9.59 Å². The van der Waals surface area contributed by atoms with Crippen LogP contribution in [0.4, 0.5) is 0 Å². The topological polar surface area (TPSA) is 52.6 Å². The van der Waals surface area contributed by atoms with Crippen molar-refractivity contribution in [3.63, 3.8) is 0 Å². The van der Waals surface area contributed by atoms with Gasteiger partial charge in [0.25, 0.3) is 0 Å². The van der Waals surface area contributed by atoms with Crippen LogP contribution in [-0.4, -0.2) is 24.1 Å². The van der Waals surface area contributed by atoms with Crippen molar-refractivity contribution < 1.29 is 19.1 Å². The zero-order valence-electron chi connectivity index (χ0n) is 21.7. The Balaban J connectivity index is 3.28. The van der Waals surface area contributed by atoms with Gasteiger partial charge in [0.2, 0.25) is 0 Å². The second-order valence-electron chi connectivity index (χ2n) is 9.21. The molecule has 0 fully saturated rings. The molecule has 0 aromatic rings. The molecule has 2 unspecified atom stereocenters. The van der Waals surface area contributed by atoms with E-state index in [0.29, 0.717) is 12.8 Å². The third-order valence-electron chi connectivity index (χ3n) is 5.99. The molecule has 0 aromatic heterocycles. The van der Waals surface area contributed by atoms with E-state index >= 15 is 0 Å². The minimum atomic E-state index is -0.0404. The van der Waals surface area contributed by atoms with Crippen LogP contribution >= 0.6 is 0 Å². The molecule has 0 rings (SSSR count). The summed E-state index contributed by atoms with van der Waals surface area (Å²) in [6, 6.07) is 0. The van der Waals surface area contributed by atoms with E-state index in [2.05, 4.69) is 12.2 Å². The van der Waals surface area contributed by atoms with Crippen LogP contribution in [0.25, 0.3) is 0 Å². The number of ether oxygens (including phenoxy) is 2. The van der Waals surface area contributed by atoms with E-state index in [1.807, 2.05) is 27.7 Å². The first-order chi connectivity index (χ1) is 15.5. The molecule has 32 heavy (non-hydrogen) atoms. The van der Waals surface area contributed by atoms with Crippen molar-refractivity contribution >= 4 is 11.9 Å². The summed E-state index contributed by atoms with van der Waals surface area (Å²) in [5, 5.41) is 0. The number of unbranched alkanes of at least 4 members (excludes halogenated alkanes) is 12. The van der Waals surface area contributed by atoms with E-state index in [0.717, 1.165) is 38.5 Å². The highest BCUT2D eigenvalue weighted by Crippen LogP contribution is 2.12. The minimum absolute atomic E-state index is 0.0368. The van der Waals surface area contributed by atoms with Crippen molar-refractivity contribution in [1.82, 2.24) is 0 Å². The fraction of sp³-hybridized carbons (Fsp3) is 0.857. The molecule has 188 valence electrons. The maximum atomic E-state index is 11.6. The summed E-state index contributed by atoms with van der Waals surface area (Å²) in [6.07, 6.45) is 24.4. The van der Waals surface area contributed by atoms with Crippen molar-refractivity contribution in [1.29, 1.82) is 0 Å². The van der Waals surface area contributed by atoms with E-state index in [1.54, 1.807) is 0 Å². The highest BCUT2D eigenvalue weighted by Gasteiger charge is 2.07. The standard InChI is InChI=1S/C28H52O4/c1-5-25(3)31-27(29)23-21-19-17-15-13-11-9-7-8-10-12-14-16-18-20-22-24-28(30)32-26(4)6-2/h7,9,25-26H,5-6,8,10-24H2,1-4H3/b9-7+. The molecule has 0 bridgehead atoms. The molecule has 0 saturated carbocycles. The average Bonchev–Trinajstić information content (AvgIpc) is 2.77. The van der Waals surface area contributed by atoms with Gasteiger partial charge >= 0.3 is 11.9 Å². The first kappa shape index (κ1) is 30.7. The number of hydrogen-bond donors (Lipinski definition) is 0. The SMILES string of the molecule is CCC(C)OC(=O)CCCCCCC/C=C/CCCCCCCCCC(=O)OC(C)CC. The van der Waals surface area contributed by atoms with Crippen LogP contribution in [0.3, 0.4) is 0 Å². The molecule has 0 aromatic carbocycles. The van der Waals surface area contributed by atoms with Crippen molar-refractivity contribution in [2.24, 2.45) is 0 Å². The summed E-state index contributed by atoms with van der Waals surface area (Å²) in [7, 11) is 0. The lowest BCUT2D eigenvalue weighted by molar-refractivity contribution is -0.149. The Hall–Kier alpha value is -1.32. The molecule has 0 aliphatic rings. The van der Waals surface area contributed by atoms with Crippen molar-refractivity contribution in [2.45, 2.75) is 155 Å². The average molecular weight is 453 g/mol. The molecule has 0 amide bonds. The lowest BCUT2D eigenvalue weighted by atomic mass is 10.1. The lowest BCUT2D eigenvalue weighted by Crippen LogP contribution is -2.13. The predicted octanol–water partition coefficient (Wildman–Crippen LogP) is 8.47. The van der Waals surface area contributed by atoms with E-state index in [-0.39, 0.29) is 24.1 Å². The highest BCUT2D eigenvalue weighted by molar-refractivity contribution is 5.69. The predicted molar refractivity (Wildman–Crippen MR) is 135 cm³/mol. The third-order valence-corrected chi connectivity index (χ3v) is 5.99. The smallest absolute Gasteiger partial charge is 0.306 e. The Kier molecular flexibility index (Phi) is 21.9. The van der Waals surface area contributed by atoms with E-state index in [1.165, 1.54) is 64.2 Å². The Morgan fingerprint density at radius 2 is 0.875 bits per heavy atom. The first-order valence-corrected chi connectivity index (χ1v) is 13.5. The van der Waals surface area contributed by atoms with Crippen LogP contribution in [0.5, 0.6) is 0 Å². The molecule has 0 N–H and O–H groups in total. The van der Waals surface area contributed by atoms with E-state index < -0.39 is 0 Å². The van der Waals surface area contributed by atoms with Crippen molar-refractivity contribution in [2.75, 3.05) is 0 Å². The molecule has 0 aliphatic carbocycles. The van der Waals surface area contributed by atoms with Gasteiger partial charge in [0, 0.05) is 12.8 Å². The fourth-order valence-electron chi connectivity index (χ4n) is 3.45. The van der Waals surface area contributed by atoms with E-state index in [4.69, 9.17) is 9.47 Å². The molecule has 4 heteroatoms. The van der Waals surface area contributed by atoms with Gasteiger partial charge in [-0.15, -0.1) is 0 Å². The number of carbonyl (C=O) groups is 2. The summed E-state index contributed by atoms with van der Waals surface area (Å²) in [6.45, 7) is 7.97. The van der Waals surface area contributed by atoms with Gasteiger partial charge in [0.05, 0.1) is 12.2 Å². The van der Waals surface area contributed by atoms with Gasteiger partial charge in [-0.1, -0.05) is 77.4 Å².